The Labute approximate surface area is 109 Å². The fourth-order valence-corrected chi connectivity index (χ4v) is 2.83. The van der Waals surface area contributed by atoms with E-state index in [9.17, 15) is 9.59 Å². The average Bonchev–Trinajstić information content (AvgIpc) is 2.74. The fraction of sp³-hybridized carbons (Fsp3) is 0.857. The first-order chi connectivity index (χ1) is 8.47. The van der Waals surface area contributed by atoms with E-state index in [-0.39, 0.29) is 18.2 Å². The molecule has 0 aromatic carbocycles. The maximum absolute atomic E-state index is 11.7. The first kappa shape index (κ1) is 15.0. The SMILES string of the molecule is CCC1(CNC(=O)CC(C)CC(=O)O)CCCC1. The zero-order valence-electron chi connectivity index (χ0n) is 11.5. The van der Waals surface area contributed by atoms with Gasteiger partial charge in [0.05, 0.1) is 0 Å². The molecule has 1 saturated carbocycles. The third-order valence-electron chi connectivity index (χ3n) is 4.13. The Hall–Kier alpha value is -1.06. The third-order valence-corrected chi connectivity index (χ3v) is 4.13. The maximum Gasteiger partial charge on any atom is 0.303 e. The molecule has 4 nitrogen and oxygen atoms in total. The summed E-state index contributed by atoms with van der Waals surface area (Å²) >= 11 is 0. The minimum absolute atomic E-state index is 0.0107. The Balaban J connectivity index is 2.30. The lowest BCUT2D eigenvalue weighted by Crippen LogP contribution is -2.36. The van der Waals surface area contributed by atoms with E-state index in [4.69, 9.17) is 5.11 Å². The molecule has 0 saturated heterocycles. The number of hydrogen-bond donors (Lipinski definition) is 2. The van der Waals surface area contributed by atoms with Crippen molar-refractivity contribution >= 4 is 11.9 Å². The van der Waals surface area contributed by atoms with Gasteiger partial charge in [-0.3, -0.25) is 9.59 Å². The van der Waals surface area contributed by atoms with Gasteiger partial charge in [-0.05, 0) is 30.6 Å². The molecule has 1 aliphatic rings. The van der Waals surface area contributed by atoms with Crippen molar-refractivity contribution in [3.05, 3.63) is 0 Å². The molecule has 0 radical (unpaired) electrons. The molecule has 1 fully saturated rings. The van der Waals surface area contributed by atoms with Gasteiger partial charge >= 0.3 is 5.97 Å². The number of nitrogens with one attached hydrogen (secondary N) is 1. The Morgan fingerprint density at radius 3 is 2.39 bits per heavy atom. The van der Waals surface area contributed by atoms with Crippen molar-refractivity contribution in [3.63, 3.8) is 0 Å². The summed E-state index contributed by atoms with van der Waals surface area (Å²) in [6, 6.07) is 0. The van der Waals surface area contributed by atoms with Crippen LogP contribution in [0.5, 0.6) is 0 Å². The van der Waals surface area contributed by atoms with Crippen molar-refractivity contribution in [1.82, 2.24) is 5.32 Å². The molecular formula is C14H25NO3. The molecule has 104 valence electrons. The minimum Gasteiger partial charge on any atom is -0.481 e. The highest BCUT2D eigenvalue weighted by Gasteiger charge is 2.32. The van der Waals surface area contributed by atoms with E-state index in [0.29, 0.717) is 11.8 Å². The number of rotatable bonds is 7. The summed E-state index contributed by atoms with van der Waals surface area (Å²) in [5.41, 5.74) is 0.297. The second-order valence-electron chi connectivity index (χ2n) is 5.74. The van der Waals surface area contributed by atoms with Crippen LogP contribution in [0.1, 0.15) is 58.8 Å². The van der Waals surface area contributed by atoms with Crippen molar-refractivity contribution < 1.29 is 14.7 Å². The Bertz CT molecular complexity index is 295. The van der Waals surface area contributed by atoms with Crippen molar-refractivity contribution in [2.24, 2.45) is 11.3 Å². The molecule has 0 bridgehead atoms. The first-order valence-electron chi connectivity index (χ1n) is 6.96. The largest absolute Gasteiger partial charge is 0.481 e. The second kappa shape index (κ2) is 6.76. The fourth-order valence-electron chi connectivity index (χ4n) is 2.83. The lowest BCUT2D eigenvalue weighted by atomic mass is 9.83. The molecule has 2 N–H and O–H groups in total. The van der Waals surface area contributed by atoms with Gasteiger partial charge in [0, 0.05) is 19.4 Å². The normalized spacial score (nSPS) is 19.4. The van der Waals surface area contributed by atoms with Gasteiger partial charge in [-0.1, -0.05) is 26.7 Å². The first-order valence-corrected chi connectivity index (χ1v) is 6.96. The maximum atomic E-state index is 11.7. The molecule has 0 heterocycles. The van der Waals surface area contributed by atoms with Gasteiger partial charge in [-0.25, -0.2) is 0 Å². The molecule has 1 unspecified atom stereocenters. The van der Waals surface area contributed by atoms with Crippen molar-refractivity contribution in [3.8, 4) is 0 Å². The molecule has 1 atom stereocenters. The highest BCUT2D eigenvalue weighted by molar-refractivity contribution is 5.77. The lowest BCUT2D eigenvalue weighted by molar-refractivity contribution is -0.138. The summed E-state index contributed by atoms with van der Waals surface area (Å²) < 4.78 is 0. The predicted molar refractivity (Wildman–Crippen MR) is 70.2 cm³/mol. The zero-order valence-corrected chi connectivity index (χ0v) is 11.5. The van der Waals surface area contributed by atoms with Crippen LogP contribution < -0.4 is 5.32 Å². The number of carboxylic acid groups (broad SMARTS) is 1. The van der Waals surface area contributed by atoms with E-state index >= 15 is 0 Å². The van der Waals surface area contributed by atoms with E-state index in [1.54, 1.807) is 6.92 Å². The van der Waals surface area contributed by atoms with E-state index in [0.717, 1.165) is 13.0 Å². The van der Waals surface area contributed by atoms with Gasteiger partial charge in [0.2, 0.25) is 5.91 Å². The molecule has 0 aliphatic heterocycles. The molecule has 0 spiro atoms. The van der Waals surface area contributed by atoms with Crippen LogP contribution in [-0.2, 0) is 9.59 Å². The zero-order chi connectivity index (χ0) is 13.6. The van der Waals surface area contributed by atoms with E-state index < -0.39 is 5.97 Å². The predicted octanol–water partition coefficient (Wildman–Crippen LogP) is 2.57. The smallest absolute Gasteiger partial charge is 0.303 e. The third kappa shape index (κ3) is 4.67. The molecule has 4 heteroatoms. The van der Waals surface area contributed by atoms with Crippen molar-refractivity contribution in [2.45, 2.75) is 58.8 Å². The number of carbonyl (C=O) groups is 2. The van der Waals surface area contributed by atoms with Crippen molar-refractivity contribution in [1.29, 1.82) is 0 Å². The molecule has 0 aromatic rings. The monoisotopic (exact) mass is 255 g/mol. The summed E-state index contributed by atoms with van der Waals surface area (Å²) in [4.78, 5) is 22.3. The standard InChI is InChI=1S/C14H25NO3/c1-3-14(6-4-5-7-14)10-15-12(16)8-11(2)9-13(17)18/h11H,3-10H2,1-2H3,(H,15,16)(H,17,18). The molecular weight excluding hydrogens is 230 g/mol. The number of amides is 1. The average molecular weight is 255 g/mol. The van der Waals surface area contributed by atoms with Gasteiger partial charge in [-0.15, -0.1) is 0 Å². The topological polar surface area (TPSA) is 66.4 Å². The van der Waals surface area contributed by atoms with Crippen LogP contribution in [0.4, 0.5) is 0 Å². The Morgan fingerprint density at radius 1 is 1.28 bits per heavy atom. The Kier molecular flexibility index (Phi) is 5.63. The number of hydrogen-bond acceptors (Lipinski definition) is 2. The van der Waals surface area contributed by atoms with Crippen LogP contribution >= 0.6 is 0 Å². The number of carbonyl (C=O) groups excluding carboxylic acids is 1. The number of carboxylic acids is 1. The van der Waals surface area contributed by atoms with Crippen LogP contribution in [0, 0.1) is 11.3 Å². The van der Waals surface area contributed by atoms with Gasteiger partial charge in [0.1, 0.15) is 0 Å². The van der Waals surface area contributed by atoms with Crippen LogP contribution in [0.2, 0.25) is 0 Å². The van der Waals surface area contributed by atoms with Gasteiger partial charge in [0.15, 0.2) is 0 Å². The van der Waals surface area contributed by atoms with Crippen LogP contribution in [0.3, 0.4) is 0 Å². The molecule has 1 aliphatic carbocycles. The second-order valence-corrected chi connectivity index (χ2v) is 5.74. The summed E-state index contributed by atoms with van der Waals surface area (Å²) in [5, 5.41) is 11.6. The summed E-state index contributed by atoms with van der Waals surface area (Å²) in [7, 11) is 0. The summed E-state index contributed by atoms with van der Waals surface area (Å²) in [5.74, 6) is -0.941. The lowest BCUT2D eigenvalue weighted by Gasteiger charge is -2.27. The van der Waals surface area contributed by atoms with Crippen LogP contribution in [0.15, 0.2) is 0 Å². The summed E-state index contributed by atoms with van der Waals surface area (Å²) in [6.45, 7) is 4.74. The number of aliphatic carboxylic acids is 1. The summed E-state index contributed by atoms with van der Waals surface area (Å²) in [6.07, 6.45) is 6.41. The molecule has 18 heavy (non-hydrogen) atoms. The highest BCUT2D eigenvalue weighted by atomic mass is 16.4. The van der Waals surface area contributed by atoms with E-state index in [1.165, 1.54) is 25.7 Å². The van der Waals surface area contributed by atoms with Crippen LogP contribution in [-0.4, -0.2) is 23.5 Å². The van der Waals surface area contributed by atoms with Gasteiger partial charge < -0.3 is 10.4 Å². The quantitative estimate of drug-likeness (QED) is 0.734. The molecule has 0 aromatic heterocycles. The molecule has 1 rings (SSSR count). The van der Waals surface area contributed by atoms with Gasteiger partial charge in [-0.2, -0.15) is 0 Å². The van der Waals surface area contributed by atoms with Gasteiger partial charge in [0.25, 0.3) is 0 Å². The van der Waals surface area contributed by atoms with E-state index in [2.05, 4.69) is 12.2 Å². The minimum atomic E-state index is -0.837. The highest BCUT2D eigenvalue weighted by Crippen LogP contribution is 2.40. The Morgan fingerprint density at radius 2 is 1.89 bits per heavy atom. The van der Waals surface area contributed by atoms with E-state index in [1.807, 2.05) is 0 Å². The van der Waals surface area contributed by atoms with Crippen LogP contribution in [0.25, 0.3) is 0 Å². The van der Waals surface area contributed by atoms with Crippen molar-refractivity contribution in [2.75, 3.05) is 6.54 Å². The molecule has 1 amide bonds.